The van der Waals surface area contributed by atoms with Gasteiger partial charge in [0.1, 0.15) is 17.8 Å². The van der Waals surface area contributed by atoms with Crippen LogP contribution in [-0.4, -0.2) is 81.2 Å². The van der Waals surface area contributed by atoms with E-state index in [0.29, 0.717) is 24.1 Å². The second-order valence-electron chi connectivity index (χ2n) is 13.9. The molecule has 3 aliphatic rings. The molecular formula is C32H44N2O7. The smallest absolute Gasteiger partial charge is 0.230 e. The number of ketones is 2. The second-order valence-corrected chi connectivity index (χ2v) is 13.9. The van der Waals surface area contributed by atoms with Gasteiger partial charge in [-0.2, -0.15) is 0 Å². The van der Waals surface area contributed by atoms with Gasteiger partial charge >= 0.3 is 0 Å². The predicted octanol–water partition coefficient (Wildman–Crippen LogP) is 1.61. The molecule has 41 heavy (non-hydrogen) atoms. The van der Waals surface area contributed by atoms with Gasteiger partial charge in [0, 0.05) is 5.41 Å². The Morgan fingerprint density at radius 1 is 1.17 bits per heavy atom. The van der Waals surface area contributed by atoms with Gasteiger partial charge in [0.05, 0.1) is 29.7 Å². The molecule has 2 saturated carbocycles. The van der Waals surface area contributed by atoms with E-state index in [1.807, 2.05) is 59.7 Å². The van der Waals surface area contributed by atoms with Crippen molar-refractivity contribution in [3.63, 3.8) is 0 Å². The molecule has 0 aromatic heterocycles. The van der Waals surface area contributed by atoms with E-state index in [0.717, 1.165) is 5.56 Å². The first-order valence-electron chi connectivity index (χ1n) is 14.3. The van der Waals surface area contributed by atoms with Crippen molar-refractivity contribution in [3.8, 4) is 17.6 Å². The summed E-state index contributed by atoms with van der Waals surface area (Å²) in [6.45, 7) is 11.6. The Labute approximate surface area is 242 Å². The molecule has 1 amide bonds. The molecule has 9 nitrogen and oxygen atoms in total. The summed E-state index contributed by atoms with van der Waals surface area (Å²) in [5, 5.41) is 46.8. The van der Waals surface area contributed by atoms with Gasteiger partial charge in [0.25, 0.3) is 0 Å². The number of nitrogens with zero attached hydrogens (tertiary/aromatic N) is 1. The van der Waals surface area contributed by atoms with Crippen molar-refractivity contribution in [1.82, 2.24) is 4.90 Å². The number of phenolic OH excluding ortho intramolecular Hbond substituents is 1. The van der Waals surface area contributed by atoms with E-state index in [4.69, 9.17) is 5.73 Å². The van der Waals surface area contributed by atoms with Crippen molar-refractivity contribution in [2.45, 2.75) is 78.1 Å². The van der Waals surface area contributed by atoms with E-state index in [-0.39, 0.29) is 29.6 Å². The number of hydrogen-bond acceptors (Lipinski definition) is 8. The molecule has 1 aromatic rings. The molecule has 0 heterocycles. The molecule has 4 rings (SSSR count). The van der Waals surface area contributed by atoms with Crippen molar-refractivity contribution < 1.29 is 34.8 Å². The van der Waals surface area contributed by atoms with Crippen molar-refractivity contribution in [2.75, 3.05) is 20.6 Å². The average molecular weight is 569 g/mol. The lowest BCUT2D eigenvalue weighted by atomic mass is 9.39. The number of amides is 1. The Kier molecular flexibility index (Phi) is 7.75. The van der Waals surface area contributed by atoms with Crippen LogP contribution in [0.4, 0.5) is 0 Å². The number of aliphatic hydroxyl groups excluding tert-OH is 2. The fraction of sp³-hybridized carbons (Fsp3) is 0.656. The summed E-state index contributed by atoms with van der Waals surface area (Å²) in [7, 11) is 3.73. The van der Waals surface area contributed by atoms with Crippen molar-refractivity contribution >= 4 is 17.5 Å². The molecule has 2 fully saturated rings. The van der Waals surface area contributed by atoms with Crippen molar-refractivity contribution in [3.05, 3.63) is 28.3 Å². The van der Waals surface area contributed by atoms with Gasteiger partial charge in [-0.05, 0) is 67.3 Å². The Balaban J connectivity index is 1.97. The first-order chi connectivity index (χ1) is 18.8. The lowest BCUT2D eigenvalue weighted by Gasteiger charge is -2.66. The summed E-state index contributed by atoms with van der Waals surface area (Å²) in [6, 6.07) is 1.82. The molecule has 0 radical (unpaired) electrons. The lowest BCUT2D eigenvalue weighted by molar-refractivity contribution is -0.265. The summed E-state index contributed by atoms with van der Waals surface area (Å²) < 4.78 is 0. The number of Topliss-reactive ketones (excluding diaryl/α,β-unsaturated/α-hetero) is 2. The zero-order chi connectivity index (χ0) is 31.0. The molecule has 8 atom stereocenters. The minimum Gasteiger partial charge on any atom is -0.506 e. The summed E-state index contributed by atoms with van der Waals surface area (Å²) >= 11 is 0. The molecule has 9 heteroatoms. The van der Waals surface area contributed by atoms with Crippen LogP contribution in [0.1, 0.15) is 80.9 Å². The van der Waals surface area contributed by atoms with Crippen molar-refractivity contribution in [1.29, 1.82) is 0 Å². The molecule has 0 spiro atoms. The SMILES string of the molecule is CC(C)c1cc(C#CCN(C)C)c(O)c2c1C[C@]1(C)C[C@]3(C)[C@@H](C(C)C)C(O)C(C(N)=O)C(=O)[C@]3(O)C(O)C1C2=O. The van der Waals surface area contributed by atoms with E-state index in [1.165, 1.54) is 0 Å². The summed E-state index contributed by atoms with van der Waals surface area (Å²) in [6.07, 6.45) is -2.95. The van der Waals surface area contributed by atoms with Crippen LogP contribution < -0.4 is 5.73 Å². The third-order valence-electron chi connectivity index (χ3n) is 10.1. The number of carbonyl (C=O) groups is 3. The van der Waals surface area contributed by atoms with E-state index in [2.05, 4.69) is 11.8 Å². The molecule has 3 aliphatic carbocycles. The highest BCUT2D eigenvalue weighted by Gasteiger charge is 2.75. The highest BCUT2D eigenvalue weighted by molar-refractivity contribution is 6.09. The maximum atomic E-state index is 14.4. The van der Waals surface area contributed by atoms with Gasteiger partial charge in [-0.25, -0.2) is 0 Å². The first kappa shape index (κ1) is 31.2. The minimum atomic E-state index is -2.53. The number of phenols is 1. The van der Waals surface area contributed by atoms with Crippen LogP contribution in [0.5, 0.6) is 5.75 Å². The molecule has 224 valence electrons. The zero-order valence-electron chi connectivity index (χ0n) is 25.3. The number of primary amides is 1. The number of rotatable bonds is 4. The first-order valence-corrected chi connectivity index (χ1v) is 14.3. The molecule has 0 bridgehead atoms. The molecule has 0 saturated heterocycles. The number of fused-ring (bicyclic) bond motifs is 3. The number of hydrogen-bond donors (Lipinski definition) is 5. The number of benzene rings is 1. The summed E-state index contributed by atoms with van der Waals surface area (Å²) in [4.78, 5) is 42.5. The van der Waals surface area contributed by atoms with Crippen LogP contribution in [0.2, 0.25) is 0 Å². The highest BCUT2D eigenvalue weighted by Crippen LogP contribution is 2.66. The number of carbonyl (C=O) groups excluding carboxylic acids is 3. The molecule has 6 N–H and O–H groups in total. The van der Waals surface area contributed by atoms with Gasteiger partial charge in [-0.3, -0.25) is 19.3 Å². The van der Waals surface area contributed by atoms with E-state index < -0.39 is 63.9 Å². The van der Waals surface area contributed by atoms with Crippen molar-refractivity contribution in [2.24, 2.45) is 40.2 Å². The van der Waals surface area contributed by atoms with Gasteiger partial charge in [0.2, 0.25) is 5.91 Å². The number of nitrogens with two attached hydrogens (primary N) is 1. The summed E-state index contributed by atoms with van der Waals surface area (Å²) in [5.74, 6) is -1.13. The maximum Gasteiger partial charge on any atom is 0.230 e. The highest BCUT2D eigenvalue weighted by atomic mass is 16.4. The van der Waals surface area contributed by atoms with Crippen LogP contribution >= 0.6 is 0 Å². The topological polar surface area (TPSA) is 161 Å². The van der Waals surface area contributed by atoms with Crippen LogP contribution in [0.3, 0.4) is 0 Å². The largest absolute Gasteiger partial charge is 0.506 e. The molecular weight excluding hydrogens is 524 g/mol. The van der Waals surface area contributed by atoms with Gasteiger partial charge in [-0.15, -0.1) is 0 Å². The predicted molar refractivity (Wildman–Crippen MR) is 153 cm³/mol. The second kappa shape index (κ2) is 10.2. The molecule has 1 aromatic carbocycles. The Morgan fingerprint density at radius 2 is 1.78 bits per heavy atom. The Bertz CT molecular complexity index is 1360. The van der Waals surface area contributed by atoms with Crippen LogP contribution in [0, 0.1) is 46.3 Å². The van der Waals surface area contributed by atoms with E-state index >= 15 is 0 Å². The van der Waals surface area contributed by atoms with Crippen LogP contribution in [-0.2, 0) is 16.0 Å². The number of aromatic hydroxyl groups is 1. The van der Waals surface area contributed by atoms with E-state index in [9.17, 15) is 34.8 Å². The Hall–Kier alpha value is -2.77. The monoisotopic (exact) mass is 568 g/mol. The summed E-state index contributed by atoms with van der Waals surface area (Å²) in [5.41, 5.74) is 2.55. The van der Waals surface area contributed by atoms with Gasteiger partial charge in [-0.1, -0.05) is 53.4 Å². The van der Waals surface area contributed by atoms with E-state index in [1.54, 1.807) is 6.92 Å². The average Bonchev–Trinajstić information content (AvgIpc) is 2.81. The third-order valence-corrected chi connectivity index (χ3v) is 10.1. The molecule has 4 unspecified atom stereocenters. The third kappa shape index (κ3) is 4.34. The molecule has 0 aliphatic heterocycles. The number of aliphatic hydroxyl groups is 3. The van der Waals surface area contributed by atoms with Crippen LogP contribution in [0.25, 0.3) is 0 Å². The fourth-order valence-corrected chi connectivity index (χ4v) is 8.53. The van der Waals surface area contributed by atoms with Crippen LogP contribution in [0.15, 0.2) is 6.07 Å². The minimum absolute atomic E-state index is 0.00875. The lowest BCUT2D eigenvalue weighted by Crippen LogP contribution is -2.79. The standard InChI is InChI=1S/C32H44N2O7/c1-15(2)18-12-17(10-9-11-34(7)8)24(35)20-19(18)13-30(5)14-31(6)22(16(3)4)26(37)21(29(33)40)27(38)32(31,41)28(39)23(30)25(20)36/h12,15-16,21-23,26,28,35,37,39,41H,11,13-14H2,1-8H3,(H2,33,40)/t21?,22-,23?,26?,28?,30+,31+,32-/m0/s1. The Morgan fingerprint density at radius 3 is 2.29 bits per heavy atom. The maximum absolute atomic E-state index is 14.4. The quantitative estimate of drug-likeness (QED) is 0.270. The van der Waals surface area contributed by atoms with Gasteiger partial charge in [0.15, 0.2) is 17.2 Å². The van der Waals surface area contributed by atoms with Gasteiger partial charge < -0.3 is 26.2 Å². The normalized spacial score (nSPS) is 36.5. The fourth-order valence-electron chi connectivity index (χ4n) is 8.53. The zero-order valence-corrected chi connectivity index (χ0v) is 25.3.